The van der Waals surface area contributed by atoms with Gasteiger partial charge in [-0.25, -0.2) is 15.3 Å². The van der Waals surface area contributed by atoms with Gasteiger partial charge in [-0.2, -0.15) is 0 Å². The fourth-order valence-electron chi connectivity index (χ4n) is 0. The van der Waals surface area contributed by atoms with Gasteiger partial charge in [-0.15, -0.1) is 0 Å². The minimum atomic E-state index is -1.07. The molecule has 0 spiro atoms. The van der Waals surface area contributed by atoms with Crippen LogP contribution in [0.25, 0.3) is 0 Å². The minimum absolute atomic E-state index is 0. The van der Waals surface area contributed by atoms with Crippen LogP contribution in [0.1, 0.15) is 0 Å². The first-order valence-electron chi connectivity index (χ1n) is 0.812. The van der Waals surface area contributed by atoms with Gasteiger partial charge < -0.3 is 0 Å². The third kappa shape index (κ3) is 8.97. The van der Waals surface area contributed by atoms with E-state index in [2.05, 4.69) is 0 Å². The number of hydrogen-bond donors (Lipinski definition) is 2. The van der Waals surface area contributed by atoms with Crippen molar-refractivity contribution in [2.75, 3.05) is 0 Å². The second-order valence-electron chi connectivity index (χ2n) is 0.357. The topological polar surface area (TPSA) is 75.4 Å². The molecule has 0 fully saturated rings. The molecular formula is H2BiN2O3. The Kier molecular flexibility index (Phi) is 7.90. The first-order valence-corrected chi connectivity index (χ1v) is 0.812. The third-order valence-corrected chi connectivity index (χ3v) is 0.0816. The van der Waals surface area contributed by atoms with Gasteiger partial charge in [-0.3, -0.25) is 0 Å². The number of hydrogen-bond acceptors (Lipinski definition) is 3. The first-order chi connectivity index (χ1) is 2.27. The van der Waals surface area contributed by atoms with Crippen molar-refractivity contribution in [1.29, 1.82) is 0 Å². The number of rotatable bonds is 1. The van der Waals surface area contributed by atoms with Gasteiger partial charge in [-0.05, 0) is 5.59 Å². The van der Waals surface area contributed by atoms with E-state index >= 15 is 0 Å². The number of nitro groups is 1. The molecule has 0 aliphatic carbocycles. The molecule has 0 unspecified atom stereocenters. The van der Waals surface area contributed by atoms with Crippen LogP contribution in [0.3, 0.4) is 0 Å². The van der Waals surface area contributed by atoms with E-state index in [-0.39, 0.29) is 26.2 Å². The Morgan fingerprint density at radius 2 is 2.00 bits per heavy atom. The standard InChI is InChI=1S/Bi.H2N2O3/c;3-1-2(4)5/h;1,3H. The molecule has 6 heavy (non-hydrogen) atoms. The van der Waals surface area contributed by atoms with Crippen LogP contribution in [-0.4, -0.2) is 36.4 Å². The van der Waals surface area contributed by atoms with E-state index < -0.39 is 5.03 Å². The molecule has 0 saturated carbocycles. The van der Waals surface area contributed by atoms with Gasteiger partial charge in [-0.1, -0.05) is 0 Å². The van der Waals surface area contributed by atoms with Gasteiger partial charge in [0.2, 0.25) is 0 Å². The second-order valence-corrected chi connectivity index (χ2v) is 0.357. The maximum absolute atomic E-state index is 8.81. The summed E-state index contributed by atoms with van der Waals surface area (Å²) in [6.07, 6.45) is 0. The maximum atomic E-state index is 8.81. The summed E-state index contributed by atoms with van der Waals surface area (Å²) in [4.78, 5) is 8.81. The van der Waals surface area contributed by atoms with E-state index in [4.69, 9.17) is 15.3 Å². The normalized spacial score (nSPS) is 5.50. The number of hydrazine groups is 1. The third-order valence-electron chi connectivity index (χ3n) is 0.0816. The smallest absolute Gasteiger partial charge is 0.184 e. The molecule has 2 N–H and O–H groups in total. The van der Waals surface area contributed by atoms with Gasteiger partial charge >= 0.3 is 0 Å². The molecule has 3 radical (unpaired) electrons. The van der Waals surface area contributed by atoms with Crippen LogP contribution in [0.2, 0.25) is 0 Å². The fourth-order valence-corrected chi connectivity index (χ4v) is 0. The molecule has 0 aliphatic rings. The zero-order valence-electron chi connectivity index (χ0n) is 2.66. The molecule has 0 saturated heterocycles. The molecule has 0 aromatic carbocycles. The molecule has 0 atom stereocenters. The summed E-state index contributed by atoms with van der Waals surface area (Å²) in [5.41, 5.74) is 0.750. The van der Waals surface area contributed by atoms with Crippen LogP contribution in [0, 0.1) is 10.1 Å². The van der Waals surface area contributed by atoms with E-state index in [1.165, 1.54) is 0 Å². The molecule has 0 rings (SSSR count). The van der Waals surface area contributed by atoms with Crippen molar-refractivity contribution in [3.63, 3.8) is 0 Å². The maximum Gasteiger partial charge on any atom is 0.184 e. The Balaban J connectivity index is 0. The molecule has 0 amide bonds. The predicted octanol–water partition coefficient (Wildman–Crippen LogP) is -1.22. The summed E-state index contributed by atoms with van der Waals surface area (Å²) < 4.78 is 0. The van der Waals surface area contributed by atoms with Crippen molar-refractivity contribution in [3.8, 4) is 0 Å². The van der Waals surface area contributed by atoms with Crippen molar-refractivity contribution in [3.05, 3.63) is 10.1 Å². The molecule has 0 bridgehead atoms. The van der Waals surface area contributed by atoms with Crippen LogP contribution < -0.4 is 5.59 Å². The largest absolute Gasteiger partial charge is 0.239 e. The van der Waals surface area contributed by atoms with Gasteiger partial charge in [0.1, 0.15) is 0 Å². The monoisotopic (exact) mass is 287 g/mol. The Labute approximate surface area is 52.5 Å². The van der Waals surface area contributed by atoms with E-state index in [1.54, 1.807) is 0 Å². The molecule has 0 aromatic heterocycles. The van der Waals surface area contributed by atoms with E-state index in [9.17, 15) is 0 Å². The molecule has 6 heteroatoms. The Morgan fingerprint density at radius 3 is 2.00 bits per heavy atom. The fraction of sp³-hybridized carbons (Fsp3) is 0. The Bertz CT molecular complexity index is 44.1. The average Bonchev–Trinajstić information content (AvgIpc) is 1.38. The van der Waals surface area contributed by atoms with Crippen molar-refractivity contribution in [2.24, 2.45) is 0 Å². The van der Waals surface area contributed by atoms with Crippen LogP contribution >= 0.6 is 0 Å². The van der Waals surface area contributed by atoms with Crippen molar-refractivity contribution >= 4 is 26.2 Å². The second kappa shape index (κ2) is 5.04. The van der Waals surface area contributed by atoms with E-state index in [0.717, 1.165) is 5.59 Å². The minimum Gasteiger partial charge on any atom is -0.239 e. The summed E-state index contributed by atoms with van der Waals surface area (Å²) in [6, 6.07) is 0. The summed E-state index contributed by atoms with van der Waals surface area (Å²) in [5.74, 6) is 0. The average molecular weight is 287 g/mol. The molecule has 5 nitrogen and oxygen atoms in total. The zero-order chi connectivity index (χ0) is 4.28. The number of nitrogens with zero attached hydrogens (tertiary/aromatic N) is 1. The summed E-state index contributed by atoms with van der Waals surface area (Å²) in [6.45, 7) is 0. The molecule has 0 aromatic rings. The molecule has 0 heterocycles. The van der Waals surface area contributed by atoms with E-state index in [1.807, 2.05) is 0 Å². The van der Waals surface area contributed by atoms with Gasteiger partial charge in [0, 0.05) is 26.2 Å². The quantitative estimate of drug-likeness (QED) is 0.360. The van der Waals surface area contributed by atoms with Gasteiger partial charge in [0.15, 0.2) is 5.03 Å². The predicted molar refractivity (Wildman–Crippen MR) is 17.7 cm³/mol. The zero-order valence-corrected chi connectivity index (χ0v) is 6.14. The summed E-state index contributed by atoms with van der Waals surface area (Å²) >= 11 is 0. The number of nitrogens with one attached hydrogen (secondary N) is 1. The van der Waals surface area contributed by atoms with Gasteiger partial charge in [0.25, 0.3) is 0 Å². The van der Waals surface area contributed by atoms with E-state index in [0.29, 0.717) is 0 Å². The van der Waals surface area contributed by atoms with Gasteiger partial charge in [0.05, 0.1) is 0 Å². The summed E-state index contributed by atoms with van der Waals surface area (Å²) in [5, 5.41) is 14.9. The summed E-state index contributed by atoms with van der Waals surface area (Å²) in [7, 11) is 0. The van der Waals surface area contributed by atoms with Crippen LogP contribution in [0.15, 0.2) is 0 Å². The molecule has 0 aliphatic heterocycles. The molecular weight excluding hydrogens is 285 g/mol. The van der Waals surface area contributed by atoms with Crippen molar-refractivity contribution < 1.29 is 10.2 Å². The molecule has 35 valence electrons. The SMILES string of the molecule is O=[N+]([O-])NO.[Bi]. The van der Waals surface area contributed by atoms with Crippen LogP contribution in [-0.2, 0) is 0 Å². The Hall–Kier alpha value is 0.0431. The van der Waals surface area contributed by atoms with Crippen molar-refractivity contribution in [1.82, 2.24) is 5.59 Å². The van der Waals surface area contributed by atoms with Crippen LogP contribution in [0.5, 0.6) is 0 Å². The Morgan fingerprint density at radius 1 is 1.83 bits per heavy atom. The first kappa shape index (κ1) is 9.40. The van der Waals surface area contributed by atoms with Crippen molar-refractivity contribution in [2.45, 2.75) is 0 Å². The van der Waals surface area contributed by atoms with Crippen LogP contribution in [0.4, 0.5) is 0 Å².